The van der Waals surface area contributed by atoms with Gasteiger partial charge in [-0.25, -0.2) is 0 Å². The highest BCUT2D eigenvalue weighted by molar-refractivity contribution is 7.10. The number of thiophene rings is 1. The van der Waals surface area contributed by atoms with Crippen molar-refractivity contribution in [2.75, 3.05) is 32.1 Å². The minimum atomic E-state index is 0.484. The van der Waals surface area contributed by atoms with Crippen LogP contribution in [-0.2, 0) is 13.0 Å². The summed E-state index contributed by atoms with van der Waals surface area (Å²) in [7, 11) is 4.00. The van der Waals surface area contributed by atoms with Gasteiger partial charge < -0.3 is 15.5 Å². The highest BCUT2D eigenvalue weighted by atomic mass is 32.1. The van der Waals surface area contributed by atoms with Gasteiger partial charge in [-0.15, -0.1) is 11.3 Å². The van der Waals surface area contributed by atoms with E-state index >= 15 is 0 Å². The van der Waals surface area contributed by atoms with Crippen molar-refractivity contribution in [3.8, 4) is 0 Å². The monoisotopic (exact) mass is 356 g/mol. The standard InChI is InChI=1S/C20H28N4S/c1-15(19-7-5-11-25-19)13-22-20(21-2)23-14-16-8-9-18-17(12-16)6-4-10-24(18)3/h5,7-9,11-12,15H,4,6,10,13-14H2,1-3H3,(H2,21,22,23). The number of nitrogens with one attached hydrogen (secondary N) is 2. The number of guanidine groups is 1. The number of fused-ring (bicyclic) bond motifs is 1. The van der Waals surface area contributed by atoms with Crippen molar-refractivity contribution in [1.29, 1.82) is 0 Å². The van der Waals surface area contributed by atoms with Gasteiger partial charge in [-0.05, 0) is 41.5 Å². The van der Waals surface area contributed by atoms with E-state index in [9.17, 15) is 0 Å². The van der Waals surface area contributed by atoms with Crippen LogP contribution in [0.15, 0.2) is 40.7 Å². The van der Waals surface area contributed by atoms with Crippen molar-refractivity contribution in [3.05, 3.63) is 51.7 Å². The minimum absolute atomic E-state index is 0.484. The van der Waals surface area contributed by atoms with Crippen molar-refractivity contribution in [3.63, 3.8) is 0 Å². The molecule has 5 heteroatoms. The smallest absolute Gasteiger partial charge is 0.191 e. The second-order valence-electron chi connectivity index (χ2n) is 6.71. The van der Waals surface area contributed by atoms with E-state index in [2.05, 4.69) is 70.2 Å². The third-order valence-corrected chi connectivity index (χ3v) is 5.89. The van der Waals surface area contributed by atoms with Gasteiger partial charge in [0.1, 0.15) is 0 Å². The van der Waals surface area contributed by atoms with Gasteiger partial charge in [0.2, 0.25) is 0 Å². The summed E-state index contributed by atoms with van der Waals surface area (Å²) >= 11 is 1.81. The van der Waals surface area contributed by atoms with E-state index in [-0.39, 0.29) is 0 Å². The summed E-state index contributed by atoms with van der Waals surface area (Å²) in [5, 5.41) is 9.00. The van der Waals surface area contributed by atoms with Crippen LogP contribution < -0.4 is 15.5 Å². The lowest BCUT2D eigenvalue weighted by molar-refractivity contribution is 0.707. The molecule has 2 aromatic rings. The van der Waals surface area contributed by atoms with E-state index in [1.54, 1.807) is 0 Å². The molecule has 1 atom stereocenters. The lowest BCUT2D eigenvalue weighted by Gasteiger charge is -2.28. The first kappa shape index (κ1) is 17.8. The molecule has 0 saturated carbocycles. The Hall–Kier alpha value is -2.01. The molecule has 0 spiro atoms. The molecule has 0 aliphatic carbocycles. The minimum Gasteiger partial charge on any atom is -0.374 e. The number of aryl methyl sites for hydroxylation is 1. The van der Waals surface area contributed by atoms with Crippen molar-refractivity contribution < 1.29 is 0 Å². The molecule has 2 heterocycles. The molecule has 1 unspecified atom stereocenters. The fraction of sp³-hybridized carbons (Fsp3) is 0.450. The SMILES string of the molecule is CN=C(NCc1ccc2c(c1)CCCN2C)NCC(C)c1cccs1. The van der Waals surface area contributed by atoms with Crippen molar-refractivity contribution in [1.82, 2.24) is 10.6 Å². The Kier molecular flexibility index (Phi) is 5.97. The zero-order valence-electron chi connectivity index (χ0n) is 15.4. The van der Waals surface area contributed by atoms with Crippen LogP contribution in [0.25, 0.3) is 0 Å². The van der Waals surface area contributed by atoms with Crippen LogP contribution in [-0.4, -0.2) is 33.1 Å². The average molecular weight is 357 g/mol. The first-order chi connectivity index (χ1) is 12.2. The Bertz CT molecular complexity index is 708. The fourth-order valence-electron chi connectivity index (χ4n) is 3.28. The number of aliphatic imine (C=N–C) groups is 1. The van der Waals surface area contributed by atoms with Gasteiger partial charge >= 0.3 is 0 Å². The Labute approximate surface area is 155 Å². The summed E-state index contributed by atoms with van der Waals surface area (Å²) < 4.78 is 0. The molecular formula is C20H28N4S. The molecular weight excluding hydrogens is 328 g/mol. The van der Waals surface area contributed by atoms with Crippen LogP contribution in [0.5, 0.6) is 0 Å². The topological polar surface area (TPSA) is 39.7 Å². The van der Waals surface area contributed by atoms with Gasteiger partial charge in [-0.1, -0.05) is 25.1 Å². The number of hydrogen-bond donors (Lipinski definition) is 2. The molecule has 2 N–H and O–H groups in total. The highest BCUT2D eigenvalue weighted by Crippen LogP contribution is 2.26. The number of anilines is 1. The van der Waals surface area contributed by atoms with Crippen molar-refractivity contribution in [2.24, 2.45) is 4.99 Å². The van der Waals surface area contributed by atoms with Crippen LogP contribution in [0.3, 0.4) is 0 Å². The van der Waals surface area contributed by atoms with Gasteiger partial charge in [0.15, 0.2) is 5.96 Å². The van der Waals surface area contributed by atoms with Crippen LogP contribution in [0.2, 0.25) is 0 Å². The molecule has 0 fully saturated rings. The summed E-state index contributed by atoms with van der Waals surface area (Å²) in [6.07, 6.45) is 2.42. The number of benzene rings is 1. The van der Waals surface area contributed by atoms with Gasteiger partial charge in [0, 0.05) is 50.2 Å². The van der Waals surface area contributed by atoms with E-state index in [1.807, 2.05) is 18.4 Å². The number of hydrogen-bond acceptors (Lipinski definition) is 3. The second kappa shape index (κ2) is 8.39. The third kappa shape index (κ3) is 4.54. The molecule has 1 aromatic heterocycles. The van der Waals surface area contributed by atoms with E-state index in [0.717, 1.165) is 25.6 Å². The molecule has 0 saturated heterocycles. The second-order valence-corrected chi connectivity index (χ2v) is 7.69. The zero-order valence-corrected chi connectivity index (χ0v) is 16.2. The van der Waals surface area contributed by atoms with Gasteiger partial charge in [-0.3, -0.25) is 4.99 Å². The molecule has 0 bridgehead atoms. The molecule has 1 aliphatic heterocycles. The average Bonchev–Trinajstić information content (AvgIpc) is 3.16. The van der Waals surface area contributed by atoms with Gasteiger partial charge in [0.05, 0.1) is 0 Å². The predicted molar refractivity (Wildman–Crippen MR) is 109 cm³/mol. The first-order valence-electron chi connectivity index (χ1n) is 8.98. The fourth-order valence-corrected chi connectivity index (χ4v) is 4.06. The Morgan fingerprint density at radius 2 is 2.20 bits per heavy atom. The third-order valence-electron chi connectivity index (χ3n) is 4.78. The maximum atomic E-state index is 4.35. The molecule has 1 aromatic carbocycles. The summed E-state index contributed by atoms with van der Waals surface area (Å²) in [5.74, 6) is 1.34. The molecule has 1 aliphatic rings. The first-order valence-corrected chi connectivity index (χ1v) is 9.86. The maximum absolute atomic E-state index is 4.35. The zero-order chi connectivity index (χ0) is 17.6. The molecule has 4 nitrogen and oxygen atoms in total. The summed E-state index contributed by atoms with van der Waals surface area (Å²) in [6.45, 7) is 5.08. The predicted octanol–water partition coefficient (Wildman–Crippen LogP) is 3.60. The van der Waals surface area contributed by atoms with Crippen LogP contribution in [0, 0.1) is 0 Å². The molecule has 0 radical (unpaired) electrons. The van der Waals surface area contributed by atoms with Gasteiger partial charge in [-0.2, -0.15) is 0 Å². The molecule has 134 valence electrons. The lowest BCUT2D eigenvalue weighted by atomic mass is 9.99. The van der Waals surface area contributed by atoms with Crippen molar-refractivity contribution in [2.45, 2.75) is 32.2 Å². The summed E-state index contributed by atoms with van der Waals surface area (Å²) in [4.78, 5) is 8.10. The number of rotatable bonds is 5. The van der Waals surface area contributed by atoms with Crippen LogP contribution in [0.1, 0.15) is 35.3 Å². The largest absolute Gasteiger partial charge is 0.374 e. The quantitative estimate of drug-likeness (QED) is 0.635. The molecule has 0 amide bonds. The summed E-state index contributed by atoms with van der Waals surface area (Å²) in [5.41, 5.74) is 4.15. The van der Waals surface area contributed by atoms with Crippen LogP contribution >= 0.6 is 11.3 Å². The van der Waals surface area contributed by atoms with Gasteiger partial charge in [0.25, 0.3) is 0 Å². The van der Waals surface area contributed by atoms with Crippen LogP contribution in [0.4, 0.5) is 5.69 Å². The Morgan fingerprint density at radius 3 is 2.96 bits per heavy atom. The maximum Gasteiger partial charge on any atom is 0.191 e. The molecule has 25 heavy (non-hydrogen) atoms. The van der Waals surface area contributed by atoms with E-state index in [4.69, 9.17) is 0 Å². The van der Waals surface area contributed by atoms with Crippen molar-refractivity contribution >= 4 is 23.0 Å². The Morgan fingerprint density at radius 1 is 1.32 bits per heavy atom. The summed E-state index contributed by atoms with van der Waals surface area (Å²) in [6, 6.07) is 11.1. The highest BCUT2D eigenvalue weighted by Gasteiger charge is 2.14. The van der Waals surface area contributed by atoms with E-state index < -0.39 is 0 Å². The Balaban J connectivity index is 1.53. The normalized spacial score (nSPS) is 15.6. The lowest BCUT2D eigenvalue weighted by Crippen LogP contribution is -2.38. The molecule has 3 rings (SSSR count). The van der Waals surface area contributed by atoms with E-state index in [0.29, 0.717) is 5.92 Å². The number of nitrogens with zero attached hydrogens (tertiary/aromatic N) is 2. The van der Waals surface area contributed by atoms with E-state index in [1.165, 1.54) is 34.5 Å².